The average Bonchev–Trinajstić information content (AvgIpc) is 2.73. The second-order valence-electron chi connectivity index (χ2n) is 7.89. The Balaban J connectivity index is 1.39. The SMILES string of the molecule is C[C@H](OC(=O)c1ccc2c(c1)CCCC2)C(=O)N[C@@H]1CCCc2ccccc21. The Morgan fingerprint density at radius 1 is 0.964 bits per heavy atom. The van der Waals surface area contributed by atoms with E-state index < -0.39 is 12.1 Å². The molecule has 2 aromatic rings. The molecule has 2 aliphatic carbocycles. The normalized spacial score (nSPS) is 19.1. The lowest BCUT2D eigenvalue weighted by molar-refractivity contribution is -0.130. The maximum atomic E-state index is 12.6. The molecule has 4 rings (SSSR count). The molecule has 2 atom stereocenters. The summed E-state index contributed by atoms with van der Waals surface area (Å²) in [5.74, 6) is -0.673. The number of amides is 1. The molecule has 4 nitrogen and oxygen atoms in total. The van der Waals surface area contributed by atoms with E-state index in [1.807, 2.05) is 30.3 Å². The molecule has 0 unspecified atom stereocenters. The van der Waals surface area contributed by atoms with Crippen molar-refractivity contribution >= 4 is 11.9 Å². The average molecular weight is 377 g/mol. The van der Waals surface area contributed by atoms with Crippen LogP contribution in [0.4, 0.5) is 0 Å². The molecule has 1 amide bonds. The van der Waals surface area contributed by atoms with Gasteiger partial charge in [0.25, 0.3) is 5.91 Å². The Kier molecular flexibility index (Phi) is 5.47. The highest BCUT2D eigenvalue weighted by molar-refractivity contribution is 5.92. The molecule has 0 radical (unpaired) electrons. The van der Waals surface area contributed by atoms with E-state index in [1.54, 1.807) is 6.92 Å². The molecule has 0 aromatic heterocycles. The van der Waals surface area contributed by atoms with Crippen LogP contribution in [-0.2, 0) is 28.8 Å². The zero-order valence-corrected chi connectivity index (χ0v) is 16.4. The van der Waals surface area contributed by atoms with Crippen LogP contribution in [0.25, 0.3) is 0 Å². The van der Waals surface area contributed by atoms with Crippen LogP contribution in [0.5, 0.6) is 0 Å². The Bertz CT molecular complexity index is 889. The van der Waals surface area contributed by atoms with Gasteiger partial charge in [-0.2, -0.15) is 0 Å². The van der Waals surface area contributed by atoms with Crippen LogP contribution >= 0.6 is 0 Å². The first-order chi connectivity index (χ1) is 13.6. The molecule has 0 spiro atoms. The van der Waals surface area contributed by atoms with Gasteiger partial charge >= 0.3 is 5.97 Å². The lowest BCUT2D eigenvalue weighted by atomic mass is 9.87. The van der Waals surface area contributed by atoms with Crippen LogP contribution in [0.1, 0.15) is 71.3 Å². The van der Waals surface area contributed by atoms with Crippen molar-refractivity contribution in [3.8, 4) is 0 Å². The summed E-state index contributed by atoms with van der Waals surface area (Å²) < 4.78 is 5.47. The van der Waals surface area contributed by atoms with Gasteiger partial charge in [-0.3, -0.25) is 4.79 Å². The van der Waals surface area contributed by atoms with Gasteiger partial charge in [0.05, 0.1) is 11.6 Å². The summed E-state index contributed by atoms with van der Waals surface area (Å²) in [7, 11) is 0. The summed E-state index contributed by atoms with van der Waals surface area (Å²) in [4.78, 5) is 25.2. The summed E-state index contributed by atoms with van der Waals surface area (Å²) >= 11 is 0. The first-order valence-corrected chi connectivity index (χ1v) is 10.3. The molecule has 0 saturated carbocycles. The molecular formula is C24H27NO3. The summed E-state index contributed by atoms with van der Waals surface area (Å²) in [6.07, 6.45) is 6.63. The van der Waals surface area contributed by atoms with Gasteiger partial charge in [0.2, 0.25) is 0 Å². The maximum Gasteiger partial charge on any atom is 0.338 e. The maximum absolute atomic E-state index is 12.6. The summed E-state index contributed by atoms with van der Waals surface area (Å²) in [5.41, 5.74) is 5.55. The minimum Gasteiger partial charge on any atom is -0.449 e. The van der Waals surface area contributed by atoms with Gasteiger partial charge in [-0.15, -0.1) is 0 Å². The largest absolute Gasteiger partial charge is 0.449 e. The number of benzene rings is 2. The molecule has 0 heterocycles. The molecule has 0 aliphatic heterocycles. The first-order valence-electron chi connectivity index (χ1n) is 10.3. The number of carbonyl (C=O) groups is 2. The second-order valence-corrected chi connectivity index (χ2v) is 7.89. The molecule has 2 aliphatic rings. The van der Waals surface area contributed by atoms with Gasteiger partial charge in [0, 0.05) is 0 Å². The highest BCUT2D eigenvalue weighted by atomic mass is 16.5. The van der Waals surface area contributed by atoms with Crippen molar-refractivity contribution in [3.63, 3.8) is 0 Å². The third kappa shape index (κ3) is 3.96. The number of ether oxygens (including phenoxy) is 1. The lowest BCUT2D eigenvalue weighted by Crippen LogP contribution is -2.39. The topological polar surface area (TPSA) is 55.4 Å². The molecular weight excluding hydrogens is 350 g/mol. The van der Waals surface area contributed by atoms with E-state index in [0.717, 1.165) is 38.5 Å². The third-order valence-electron chi connectivity index (χ3n) is 5.92. The molecule has 4 heteroatoms. The highest BCUT2D eigenvalue weighted by Gasteiger charge is 2.26. The van der Waals surface area contributed by atoms with Crippen molar-refractivity contribution in [2.75, 3.05) is 0 Å². The van der Waals surface area contributed by atoms with E-state index in [4.69, 9.17) is 4.74 Å². The number of esters is 1. The Morgan fingerprint density at radius 2 is 1.71 bits per heavy atom. The van der Waals surface area contributed by atoms with Crippen molar-refractivity contribution in [1.82, 2.24) is 5.32 Å². The van der Waals surface area contributed by atoms with Crippen LogP contribution in [0.15, 0.2) is 42.5 Å². The van der Waals surface area contributed by atoms with E-state index in [9.17, 15) is 9.59 Å². The van der Waals surface area contributed by atoms with E-state index in [1.165, 1.54) is 28.7 Å². The van der Waals surface area contributed by atoms with Crippen molar-refractivity contribution in [3.05, 3.63) is 70.3 Å². The Labute approximate surface area is 166 Å². The van der Waals surface area contributed by atoms with E-state index >= 15 is 0 Å². The van der Waals surface area contributed by atoms with Crippen molar-refractivity contribution in [1.29, 1.82) is 0 Å². The number of nitrogens with one attached hydrogen (secondary N) is 1. The van der Waals surface area contributed by atoms with Crippen molar-refractivity contribution < 1.29 is 14.3 Å². The van der Waals surface area contributed by atoms with Crippen LogP contribution < -0.4 is 5.32 Å². The quantitative estimate of drug-likeness (QED) is 0.808. The predicted molar refractivity (Wildman–Crippen MR) is 108 cm³/mol. The predicted octanol–water partition coefficient (Wildman–Crippen LogP) is 4.30. The van der Waals surface area contributed by atoms with Crippen LogP contribution in [0.3, 0.4) is 0 Å². The van der Waals surface area contributed by atoms with Gasteiger partial charge in [0.15, 0.2) is 6.10 Å². The van der Waals surface area contributed by atoms with E-state index in [-0.39, 0.29) is 11.9 Å². The van der Waals surface area contributed by atoms with E-state index in [0.29, 0.717) is 5.56 Å². The van der Waals surface area contributed by atoms with Gasteiger partial charge in [-0.05, 0) is 86.3 Å². The first kappa shape index (κ1) is 18.7. The molecule has 2 aromatic carbocycles. The lowest BCUT2D eigenvalue weighted by Gasteiger charge is -2.27. The van der Waals surface area contributed by atoms with Crippen LogP contribution in [0, 0.1) is 0 Å². The van der Waals surface area contributed by atoms with Crippen molar-refractivity contribution in [2.24, 2.45) is 0 Å². The third-order valence-corrected chi connectivity index (χ3v) is 5.92. The number of carbonyl (C=O) groups excluding carboxylic acids is 2. The molecule has 0 fully saturated rings. The van der Waals surface area contributed by atoms with Gasteiger partial charge in [0.1, 0.15) is 0 Å². The summed E-state index contributed by atoms with van der Waals surface area (Å²) in [5, 5.41) is 3.07. The fourth-order valence-corrected chi connectivity index (χ4v) is 4.34. The standard InChI is InChI=1S/C24H27NO3/c1-16(23(26)25-22-12-6-10-18-8-4-5-11-21(18)22)28-24(27)20-14-13-17-7-2-3-9-19(17)15-20/h4-5,8,11,13-16,22H,2-3,6-7,9-10,12H2,1H3,(H,25,26)/t16-,22+/m0/s1. The Hall–Kier alpha value is -2.62. The molecule has 28 heavy (non-hydrogen) atoms. The molecule has 1 N–H and O–H groups in total. The molecule has 0 saturated heterocycles. The van der Waals surface area contributed by atoms with Crippen LogP contribution in [0.2, 0.25) is 0 Å². The Morgan fingerprint density at radius 3 is 2.57 bits per heavy atom. The van der Waals surface area contributed by atoms with E-state index in [2.05, 4.69) is 17.4 Å². The molecule has 0 bridgehead atoms. The number of hydrogen-bond donors (Lipinski definition) is 1. The smallest absolute Gasteiger partial charge is 0.338 e. The minimum atomic E-state index is -0.822. The fourth-order valence-electron chi connectivity index (χ4n) is 4.34. The van der Waals surface area contributed by atoms with Crippen molar-refractivity contribution in [2.45, 2.75) is 64.0 Å². The monoisotopic (exact) mass is 377 g/mol. The number of fused-ring (bicyclic) bond motifs is 2. The number of aryl methyl sites for hydroxylation is 3. The molecule has 146 valence electrons. The fraction of sp³-hybridized carbons (Fsp3) is 0.417. The summed E-state index contributed by atoms with van der Waals surface area (Å²) in [6.45, 7) is 1.64. The number of rotatable bonds is 4. The second kappa shape index (κ2) is 8.17. The van der Waals surface area contributed by atoms with Gasteiger partial charge in [-0.1, -0.05) is 30.3 Å². The number of hydrogen-bond acceptors (Lipinski definition) is 3. The zero-order chi connectivity index (χ0) is 19.5. The van der Waals surface area contributed by atoms with Gasteiger partial charge in [-0.25, -0.2) is 4.79 Å². The summed E-state index contributed by atoms with van der Waals surface area (Å²) in [6, 6.07) is 14.0. The van der Waals surface area contributed by atoms with Gasteiger partial charge < -0.3 is 10.1 Å². The minimum absolute atomic E-state index is 0.0117. The van der Waals surface area contributed by atoms with Crippen LogP contribution in [-0.4, -0.2) is 18.0 Å². The highest BCUT2D eigenvalue weighted by Crippen LogP contribution is 2.29. The zero-order valence-electron chi connectivity index (χ0n) is 16.4.